The monoisotopic (exact) mass is 336 g/mol. The summed E-state index contributed by atoms with van der Waals surface area (Å²) >= 11 is 0. The van der Waals surface area contributed by atoms with E-state index in [0.29, 0.717) is 24.8 Å². The summed E-state index contributed by atoms with van der Waals surface area (Å²) in [5, 5.41) is 4.76. The van der Waals surface area contributed by atoms with E-state index in [9.17, 15) is 0 Å². The molecule has 0 amide bonds. The zero-order valence-electron chi connectivity index (χ0n) is 14.1. The molecule has 0 unspecified atom stereocenters. The fourth-order valence-electron chi connectivity index (χ4n) is 3.60. The highest BCUT2D eigenvalue weighted by atomic mass is 16.5. The lowest BCUT2D eigenvalue weighted by Gasteiger charge is -2.07. The number of aryl methyl sites for hydroxylation is 2. The molecule has 6 nitrogen and oxygen atoms in total. The molecule has 3 heterocycles. The number of hydrogen-bond donors (Lipinski definition) is 0. The van der Waals surface area contributed by atoms with Crippen molar-refractivity contribution in [1.82, 2.24) is 19.6 Å². The molecule has 1 aliphatic carbocycles. The van der Waals surface area contributed by atoms with Crippen molar-refractivity contribution < 1.29 is 9.47 Å². The fraction of sp³-hybridized carbons (Fsp3) is 0.421. The number of nitrogens with zero attached hydrogens (tertiary/aromatic N) is 4. The van der Waals surface area contributed by atoms with Gasteiger partial charge in [-0.25, -0.2) is 9.50 Å². The van der Waals surface area contributed by atoms with Gasteiger partial charge >= 0.3 is 0 Å². The third-order valence-electron chi connectivity index (χ3n) is 4.92. The molecule has 1 aliphatic heterocycles. The molecule has 0 atom stereocenters. The number of hydrogen-bond acceptors (Lipinski definition) is 5. The topological polar surface area (TPSA) is 61.5 Å². The Morgan fingerprint density at radius 1 is 0.920 bits per heavy atom. The first-order valence-corrected chi connectivity index (χ1v) is 9.02. The van der Waals surface area contributed by atoms with Gasteiger partial charge in [-0.3, -0.25) is 0 Å². The Kier molecular flexibility index (Phi) is 3.54. The lowest BCUT2D eigenvalue weighted by Crippen LogP contribution is -2.04. The van der Waals surface area contributed by atoms with Crippen LogP contribution in [-0.4, -0.2) is 32.8 Å². The quantitative estimate of drug-likeness (QED) is 0.639. The van der Waals surface area contributed by atoms with Crippen LogP contribution in [0.15, 0.2) is 24.4 Å². The highest BCUT2D eigenvalue weighted by Crippen LogP contribution is 2.33. The van der Waals surface area contributed by atoms with E-state index in [4.69, 9.17) is 14.6 Å². The molecule has 25 heavy (non-hydrogen) atoms. The maximum Gasteiger partial charge on any atom is 0.252 e. The van der Waals surface area contributed by atoms with Crippen molar-refractivity contribution in [3.63, 3.8) is 0 Å². The van der Waals surface area contributed by atoms with Crippen molar-refractivity contribution in [1.29, 1.82) is 0 Å². The molecular formula is C19H20N4O2. The lowest BCUT2D eigenvalue weighted by atomic mass is 10.1. The Morgan fingerprint density at radius 3 is 2.76 bits per heavy atom. The van der Waals surface area contributed by atoms with Crippen LogP contribution in [0, 0.1) is 0 Å². The highest BCUT2D eigenvalue weighted by molar-refractivity contribution is 5.62. The van der Waals surface area contributed by atoms with E-state index >= 15 is 0 Å². The molecule has 0 saturated heterocycles. The third kappa shape index (κ3) is 2.62. The molecule has 0 fully saturated rings. The van der Waals surface area contributed by atoms with Crippen LogP contribution in [0.2, 0.25) is 0 Å². The summed E-state index contributed by atoms with van der Waals surface area (Å²) in [6.07, 6.45) is 8.68. The molecule has 6 heteroatoms. The van der Waals surface area contributed by atoms with Gasteiger partial charge in [0.1, 0.15) is 0 Å². The maximum absolute atomic E-state index is 5.79. The molecule has 128 valence electrons. The molecule has 3 aromatic rings. The average Bonchev–Trinajstić information content (AvgIpc) is 2.81. The minimum Gasteiger partial charge on any atom is -0.490 e. The Labute approximate surface area is 145 Å². The molecule has 0 saturated carbocycles. The van der Waals surface area contributed by atoms with Crippen molar-refractivity contribution in [3.05, 3.63) is 35.7 Å². The fourth-order valence-corrected chi connectivity index (χ4v) is 3.60. The summed E-state index contributed by atoms with van der Waals surface area (Å²) in [6.45, 7) is 1.36. The standard InChI is InChI=1S/C19H20N4O2/c1-2-5-14-12-20-19-21-18(22-23(19)15(14)6-3-1)13-7-8-16-17(11-13)25-10-4-9-24-16/h7-8,11-12H,1-6,9-10H2. The second-order valence-electron chi connectivity index (χ2n) is 6.65. The normalized spacial score (nSPS) is 17.0. The van der Waals surface area contributed by atoms with Gasteiger partial charge in [0.05, 0.1) is 18.9 Å². The summed E-state index contributed by atoms with van der Waals surface area (Å²) in [5.41, 5.74) is 3.49. The zero-order chi connectivity index (χ0) is 16.6. The van der Waals surface area contributed by atoms with Gasteiger partial charge in [-0.15, -0.1) is 5.10 Å². The molecule has 2 aliphatic rings. The number of ether oxygens (including phenoxy) is 2. The van der Waals surface area contributed by atoms with Crippen LogP contribution in [0.1, 0.15) is 36.9 Å². The van der Waals surface area contributed by atoms with Crippen LogP contribution >= 0.6 is 0 Å². The predicted molar refractivity (Wildman–Crippen MR) is 93.1 cm³/mol. The van der Waals surface area contributed by atoms with Gasteiger partial charge in [-0.2, -0.15) is 4.98 Å². The van der Waals surface area contributed by atoms with Crippen molar-refractivity contribution in [2.75, 3.05) is 13.2 Å². The van der Waals surface area contributed by atoms with Crippen LogP contribution in [0.3, 0.4) is 0 Å². The van der Waals surface area contributed by atoms with Gasteiger partial charge in [0.2, 0.25) is 0 Å². The molecule has 0 bridgehead atoms. The van der Waals surface area contributed by atoms with Crippen molar-refractivity contribution in [2.45, 2.75) is 38.5 Å². The van der Waals surface area contributed by atoms with Crippen LogP contribution in [0.4, 0.5) is 0 Å². The summed E-state index contributed by atoms with van der Waals surface area (Å²) in [7, 11) is 0. The van der Waals surface area contributed by atoms with Gasteiger partial charge in [-0.1, -0.05) is 6.42 Å². The molecular weight excluding hydrogens is 316 g/mol. The number of rotatable bonds is 1. The SMILES string of the molecule is c1cc2c(cc1-c1nc3ncc4c(n3n1)CCCCC4)OCCCO2. The molecule has 1 aromatic carbocycles. The number of aromatic nitrogens is 4. The summed E-state index contributed by atoms with van der Waals surface area (Å²) in [4.78, 5) is 9.16. The predicted octanol–water partition coefficient (Wildman–Crippen LogP) is 3.22. The van der Waals surface area contributed by atoms with E-state index in [2.05, 4.69) is 9.97 Å². The van der Waals surface area contributed by atoms with E-state index in [0.717, 1.165) is 36.3 Å². The molecule has 5 rings (SSSR count). The van der Waals surface area contributed by atoms with Crippen molar-refractivity contribution in [2.24, 2.45) is 0 Å². The van der Waals surface area contributed by atoms with Crippen LogP contribution in [0.25, 0.3) is 17.2 Å². The number of fused-ring (bicyclic) bond motifs is 4. The van der Waals surface area contributed by atoms with Crippen LogP contribution in [-0.2, 0) is 12.8 Å². The van der Waals surface area contributed by atoms with E-state index in [1.165, 1.54) is 30.5 Å². The first kappa shape index (κ1) is 14.7. The molecule has 2 aromatic heterocycles. The highest BCUT2D eigenvalue weighted by Gasteiger charge is 2.18. The van der Waals surface area contributed by atoms with Crippen LogP contribution < -0.4 is 9.47 Å². The largest absolute Gasteiger partial charge is 0.490 e. The van der Waals surface area contributed by atoms with Gasteiger partial charge in [-0.05, 0) is 49.4 Å². The van der Waals surface area contributed by atoms with Gasteiger partial charge < -0.3 is 9.47 Å². The minimum atomic E-state index is 0.669. The molecule has 0 radical (unpaired) electrons. The Balaban J connectivity index is 1.59. The first-order chi connectivity index (χ1) is 12.4. The van der Waals surface area contributed by atoms with Gasteiger partial charge in [0, 0.05) is 18.2 Å². The third-order valence-corrected chi connectivity index (χ3v) is 4.92. The van der Waals surface area contributed by atoms with Crippen molar-refractivity contribution >= 4 is 5.78 Å². The zero-order valence-corrected chi connectivity index (χ0v) is 14.1. The second kappa shape index (κ2) is 6.02. The number of benzene rings is 1. The van der Waals surface area contributed by atoms with E-state index in [-0.39, 0.29) is 0 Å². The Morgan fingerprint density at radius 2 is 1.80 bits per heavy atom. The van der Waals surface area contributed by atoms with Gasteiger partial charge in [0.15, 0.2) is 17.3 Å². The summed E-state index contributed by atoms with van der Waals surface area (Å²) in [6, 6.07) is 5.89. The van der Waals surface area contributed by atoms with E-state index < -0.39 is 0 Å². The first-order valence-electron chi connectivity index (χ1n) is 9.02. The second-order valence-corrected chi connectivity index (χ2v) is 6.65. The van der Waals surface area contributed by atoms with Crippen LogP contribution in [0.5, 0.6) is 11.5 Å². The van der Waals surface area contributed by atoms with E-state index in [1.54, 1.807) is 0 Å². The lowest BCUT2D eigenvalue weighted by molar-refractivity contribution is 0.297. The van der Waals surface area contributed by atoms with Gasteiger partial charge in [0.25, 0.3) is 5.78 Å². The van der Waals surface area contributed by atoms with E-state index in [1.807, 2.05) is 28.9 Å². The summed E-state index contributed by atoms with van der Waals surface area (Å²) in [5.74, 6) is 2.90. The Bertz CT molecular complexity index is 935. The molecule has 0 N–H and O–H groups in total. The van der Waals surface area contributed by atoms with Crippen molar-refractivity contribution in [3.8, 4) is 22.9 Å². The summed E-state index contributed by atoms with van der Waals surface area (Å²) < 4.78 is 13.4. The minimum absolute atomic E-state index is 0.669. The molecule has 0 spiro atoms. The smallest absolute Gasteiger partial charge is 0.252 e. The Hall–Kier alpha value is -2.63. The maximum atomic E-state index is 5.79. The average molecular weight is 336 g/mol.